The monoisotopic (exact) mass is 593 g/mol. The number of anilines is 1. The molecular formula is C27H29ClFN3O5S2. The maximum absolute atomic E-state index is 13.5. The fourth-order valence-corrected chi connectivity index (χ4v) is 7.36. The van der Waals surface area contributed by atoms with Gasteiger partial charge in [0.2, 0.25) is 26.0 Å². The molecule has 8 nitrogen and oxygen atoms in total. The van der Waals surface area contributed by atoms with Gasteiger partial charge in [-0.05, 0) is 85.0 Å². The number of hydrogen-bond donors (Lipinski definition) is 2. The van der Waals surface area contributed by atoms with Crippen molar-refractivity contribution >= 4 is 43.2 Å². The molecule has 1 aliphatic heterocycles. The standard InChI is InChI=1S/C27H29ClFN3O5S2/c1-19-3-2-16-32(18-19)39(36,37)25-14-10-23(11-15-25)30-27(33)17-26(20-4-8-22(29)9-5-20)31-38(34,35)24-12-6-21(28)7-13-24/h4-15,19,26,31H,2-3,16-18H2,1H3,(H,30,33). The molecule has 1 aliphatic rings. The number of halogens is 2. The van der Waals surface area contributed by atoms with Crippen LogP contribution in [0.15, 0.2) is 82.6 Å². The molecule has 0 spiro atoms. The Kier molecular flexibility index (Phi) is 9.07. The van der Waals surface area contributed by atoms with E-state index in [1.165, 1.54) is 77.1 Å². The SMILES string of the molecule is CC1CCCN(S(=O)(=O)c2ccc(NC(=O)CC(NS(=O)(=O)c3ccc(Cl)cc3)c3ccc(F)cc3)cc2)C1. The molecule has 0 aliphatic carbocycles. The first kappa shape index (κ1) is 29.2. The van der Waals surface area contributed by atoms with Crippen molar-refractivity contribution in [1.82, 2.24) is 9.03 Å². The highest BCUT2D eigenvalue weighted by Gasteiger charge is 2.29. The molecule has 3 aromatic rings. The quantitative estimate of drug-likeness (QED) is 0.365. The number of nitrogens with zero attached hydrogens (tertiary/aromatic N) is 1. The van der Waals surface area contributed by atoms with E-state index in [1.807, 2.05) is 6.92 Å². The van der Waals surface area contributed by atoms with Crippen molar-refractivity contribution < 1.29 is 26.0 Å². The van der Waals surface area contributed by atoms with E-state index in [4.69, 9.17) is 11.6 Å². The van der Waals surface area contributed by atoms with Crippen molar-refractivity contribution in [3.05, 3.63) is 89.2 Å². The van der Waals surface area contributed by atoms with E-state index in [0.29, 0.717) is 35.3 Å². The van der Waals surface area contributed by atoms with E-state index in [-0.39, 0.29) is 16.2 Å². The van der Waals surface area contributed by atoms with Crippen molar-refractivity contribution in [2.75, 3.05) is 18.4 Å². The van der Waals surface area contributed by atoms with Gasteiger partial charge in [-0.3, -0.25) is 4.79 Å². The Morgan fingerprint density at radius 3 is 2.21 bits per heavy atom. The van der Waals surface area contributed by atoms with Crippen LogP contribution in [0.1, 0.15) is 37.8 Å². The summed E-state index contributed by atoms with van der Waals surface area (Å²) in [6, 6.07) is 15.6. The summed E-state index contributed by atoms with van der Waals surface area (Å²) in [5.41, 5.74) is 0.741. The molecule has 2 N–H and O–H groups in total. The number of piperidine rings is 1. The summed E-state index contributed by atoms with van der Waals surface area (Å²) in [5.74, 6) is -0.738. The van der Waals surface area contributed by atoms with Gasteiger partial charge in [-0.2, -0.15) is 4.31 Å². The predicted molar refractivity (Wildman–Crippen MR) is 148 cm³/mol. The zero-order valence-electron chi connectivity index (χ0n) is 21.2. The highest BCUT2D eigenvalue weighted by molar-refractivity contribution is 7.89. The van der Waals surface area contributed by atoms with E-state index in [2.05, 4.69) is 10.0 Å². The number of carbonyl (C=O) groups excluding carboxylic acids is 1. The van der Waals surface area contributed by atoms with Crippen LogP contribution in [-0.2, 0) is 24.8 Å². The number of rotatable bonds is 9. The molecule has 208 valence electrons. The number of benzene rings is 3. The van der Waals surface area contributed by atoms with Gasteiger partial charge < -0.3 is 5.32 Å². The minimum atomic E-state index is -4.04. The summed E-state index contributed by atoms with van der Waals surface area (Å²) in [6.45, 7) is 2.97. The summed E-state index contributed by atoms with van der Waals surface area (Å²) < 4.78 is 69.5. The lowest BCUT2D eigenvalue weighted by Gasteiger charge is -2.30. The smallest absolute Gasteiger partial charge is 0.243 e. The number of nitrogens with one attached hydrogen (secondary N) is 2. The predicted octanol–water partition coefficient (Wildman–Crippen LogP) is 4.95. The summed E-state index contributed by atoms with van der Waals surface area (Å²) in [4.78, 5) is 13.0. The summed E-state index contributed by atoms with van der Waals surface area (Å²) in [5, 5.41) is 3.05. The second kappa shape index (κ2) is 12.1. The van der Waals surface area contributed by atoms with Crippen LogP contribution in [0.2, 0.25) is 5.02 Å². The molecule has 4 rings (SSSR count). The lowest BCUT2D eigenvalue weighted by molar-refractivity contribution is -0.116. The third kappa shape index (κ3) is 7.43. The lowest BCUT2D eigenvalue weighted by atomic mass is 10.0. The van der Waals surface area contributed by atoms with Crippen LogP contribution in [0.3, 0.4) is 0 Å². The van der Waals surface area contributed by atoms with Crippen LogP contribution >= 0.6 is 11.6 Å². The minimum absolute atomic E-state index is 0.0423. The Morgan fingerprint density at radius 2 is 1.59 bits per heavy atom. The van der Waals surface area contributed by atoms with Crippen LogP contribution < -0.4 is 10.0 Å². The average molecular weight is 594 g/mol. The molecule has 39 heavy (non-hydrogen) atoms. The number of hydrogen-bond acceptors (Lipinski definition) is 5. The van der Waals surface area contributed by atoms with Gasteiger partial charge in [-0.25, -0.2) is 25.9 Å². The number of amides is 1. The van der Waals surface area contributed by atoms with E-state index in [9.17, 15) is 26.0 Å². The highest BCUT2D eigenvalue weighted by atomic mass is 35.5. The Labute approximate surface area is 233 Å². The summed E-state index contributed by atoms with van der Waals surface area (Å²) in [7, 11) is -7.69. The van der Waals surface area contributed by atoms with Crippen molar-refractivity contribution in [2.24, 2.45) is 5.92 Å². The molecule has 0 saturated carbocycles. The van der Waals surface area contributed by atoms with Gasteiger partial charge in [0.15, 0.2) is 0 Å². The largest absolute Gasteiger partial charge is 0.326 e. The summed E-state index contributed by atoms with van der Waals surface area (Å²) in [6.07, 6.45) is 1.50. The topological polar surface area (TPSA) is 113 Å². The highest BCUT2D eigenvalue weighted by Crippen LogP contribution is 2.26. The van der Waals surface area contributed by atoms with Gasteiger partial charge in [0.05, 0.1) is 15.8 Å². The maximum atomic E-state index is 13.5. The van der Waals surface area contributed by atoms with E-state index in [0.717, 1.165) is 12.8 Å². The lowest BCUT2D eigenvalue weighted by Crippen LogP contribution is -2.39. The third-order valence-electron chi connectivity index (χ3n) is 6.48. The van der Waals surface area contributed by atoms with E-state index in [1.54, 1.807) is 0 Å². The minimum Gasteiger partial charge on any atom is -0.326 e. The second-order valence-electron chi connectivity index (χ2n) is 9.57. The van der Waals surface area contributed by atoms with Gasteiger partial charge in [0.1, 0.15) is 5.82 Å². The van der Waals surface area contributed by atoms with Gasteiger partial charge in [0.25, 0.3) is 0 Å². The molecule has 0 aromatic heterocycles. The molecular weight excluding hydrogens is 565 g/mol. The molecule has 12 heteroatoms. The van der Waals surface area contributed by atoms with Crippen LogP contribution in [0, 0.1) is 11.7 Å². The normalized spacial score (nSPS) is 17.5. The molecule has 0 radical (unpaired) electrons. The molecule has 1 heterocycles. The Morgan fingerprint density at radius 1 is 0.974 bits per heavy atom. The van der Waals surface area contributed by atoms with Crippen molar-refractivity contribution in [3.63, 3.8) is 0 Å². The first-order valence-electron chi connectivity index (χ1n) is 12.4. The zero-order chi connectivity index (χ0) is 28.2. The molecule has 1 fully saturated rings. The van der Waals surface area contributed by atoms with E-state index >= 15 is 0 Å². The fourth-order valence-electron chi connectivity index (χ4n) is 4.41. The van der Waals surface area contributed by atoms with Crippen LogP contribution in [0.25, 0.3) is 0 Å². The first-order chi connectivity index (χ1) is 18.4. The molecule has 2 unspecified atom stereocenters. The van der Waals surface area contributed by atoms with Gasteiger partial charge >= 0.3 is 0 Å². The van der Waals surface area contributed by atoms with Gasteiger partial charge in [-0.1, -0.05) is 30.7 Å². The second-order valence-corrected chi connectivity index (χ2v) is 13.7. The maximum Gasteiger partial charge on any atom is 0.243 e. The van der Waals surface area contributed by atoms with Crippen molar-refractivity contribution in [2.45, 2.75) is 42.0 Å². The number of sulfonamides is 2. The average Bonchev–Trinajstić information content (AvgIpc) is 2.89. The van der Waals surface area contributed by atoms with E-state index < -0.39 is 37.8 Å². The molecule has 1 saturated heterocycles. The van der Waals surface area contributed by atoms with Crippen LogP contribution in [0.4, 0.5) is 10.1 Å². The summed E-state index contributed by atoms with van der Waals surface area (Å²) >= 11 is 5.86. The van der Waals surface area contributed by atoms with Gasteiger partial charge in [0, 0.05) is 30.2 Å². The Balaban J connectivity index is 1.48. The Bertz CT molecular complexity index is 1520. The van der Waals surface area contributed by atoms with Crippen molar-refractivity contribution in [1.29, 1.82) is 0 Å². The van der Waals surface area contributed by atoms with Crippen LogP contribution in [0.5, 0.6) is 0 Å². The van der Waals surface area contributed by atoms with Gasteiger partial charge in [-0.15, -0.1) is 0 Å². The number of carbonyl (C=O) groups is 1. The van der Waals surface area contributed by atoms with Crippen molar-refractivity contribution in [3.8, 4) is 0 Å². The first-order valence-corrected chi connectivity index (χ1v) is 15.7. The zero-order valence-corrected chi connectivity index (χ0v) is 23.6. The molecule has 3 aromatic carbocycles. The molecule has 1 amide bonds. The molecule has 0 bridgehead atoms. The van der Waals surface area contributed by atoms with Crippen LogP contribution in [-0.4, -0.2) is 40.1 Å². The third-order valence-corrected chi connectivity index (χ3v) is 10.1. The fraction of sp³-hybridized carbons (Fsp3) is 0.296. The Hall–Kier alpha value is -2.83. The molecule has 2 atom stereocenters.